The fourth-order valence-electron chi connectivity index (χ4n) is 2.35. The molecule has 0 spiro atoms. The van der Waals surface area contributed by atoms with Gasteiger partial charge in [-0.15, -0.1) is 0 Å². The van der Waals surface area contributed by atoms with Crippen LogP contribution in [0.25, 0.3) is 0 Å². The number of hydrogen-bond acceptors (Lipinski definition) is 4. The van der Waals surface area contributed by atoms with Gasteiger partial charge in [0.15, 0.2) is 0 Å². The Morgan fingerprint density at radius 1 is 1.26 bits per heavy atom. The Morgan fingerprint density at radius 2 is 1.93 bits per heavy atom. The van der Waals surface area contributed by atoms with Gasteiger partial charge in [-0.2, -0.15) is 0 Å². The highest BCUT2D eigenvalue weighted by Crippen LogP contribution is 2.24. The average Bonchev–Trinajstić information content (AvgIpc) is 2.59. The van der Waals surface area contributed by atoms with Gasteiger partial charge in [0.2, 0.25) is 10.0 Å². The van der Waals surface area contributed by atoms with Gasteiger partial charge in [0, 0.05) is 7.05 Å². The first-order chi connectivity index (χ1) is 12.6. The first kappa shape index (κ1) is 21.1. The van der Waals surface area contributed by atoms with Gasteiger partial charge in [0.05, 0.1) is 28.6 Å². The number of para-hydroxylation sites is 1. The van der Waals surface area contributed by atoms with Crippen LogP contribution in [0.1, 0.15) is 22.8 Å². The molecule has 0 fully saturated rings. The molecule has 2 aromatic carbocycles. The molecule has 2 aromatic rings. The van der Waals surface area contributed by atoms with E-state index in [9.17, 15) is 13.2 Å². The molecule has 0 aromatic heterocycles. The normalized spacial score (nSPS) is 12.3. The summed E-state index contributed by atoms with van der Waals surface area (Å²) in [4.78, 5) is 12.4. The molecule has 1 N–H and O–H groups in total. The van der Waals surface area contributed by atoms with Crippen molar-refractivity contribution in [1.29, 1.82) is 0 Å². The summed E-state index contributed by atoms with van der Waals surface area (Å²) in [5, 5.41) is 3.00. The Hall–Kier alpha value is -2.25. The molecule has 0 heterocycles. The second-order valence-electron chi connectivity index (χ2n) is 6.35. The van der Waals surface area contributed by atoms with Crippen molar-refractivity contribution in [1.82, 2.24) is 5.32 Å². The molecular formula is C19H23ClN2O4S. The van der Waals surface area contributed by atoms with Crippen molar-refractivity contribution in [3.63, 3.8) is 0 Å². The zero-order valence-corrected chi connectivity index (χ0v) is 17.3. The van der Waals surface area contributed by atoms with E-state index in [-0.39, 0.29) is 22.5 Å². The smallest absolute Gasteiger partial charge is 0.253 e. The van der Waals surface area contributed by atoms with Crippen LogP contribution in [0.15, 0.2) is 42.5 Å². The minimum Gasteiger partial charge on any atom is -0.491 e. The third kappa shape index (κ3) is 5.61. The lowest BCUT2D eigenvalue weighted by Crippen LogP contribution is -2.37. The number of nitrogens with zero attached hydrogens (tertiary/aromatic N) is 1. The lowest BCUT2D eigenvalue weighted by molar-refractivity contribution is 0.0927. The number of carbonyl (C=O) groups is 1. The molecule has 6 nitrogen and oxygen atoms in total. The van der Waals surface area contributed by atoms with Gasteiger partial charge < -0.3 is 10.1 Å². The van der Waals surface area contributed by atoms with Crippen LogP contribution >= 0.6 is 11.6 Å². The van der Waals surface area contributed by atoms with Crippen molar-refractivity contribution in [2.24, 2.45) is 0 Å². The van der Waals surface area contributed by atoms with Gasteiger partial charge in [-0.3, -0.25) is 9.10 Å². The van der Waals surface area contributed by atoms with E-state index in [0.717, 1.165) is 21.9 Å². The zero-order valence-electron chi connectivity index (χ0n) is 15.7. The van der Waals surface area contributed by atoms with Crippen LogP contribution in [0.4, 0.5) is 5.69 Å². The molecule has 0 saturated carbocycles. The highest BCUT2D eigenvalue weighted by molar-refractivity contribution is 7.92. The number of carbonyl (C=O) groups excluding carboxylic acids is 1. The summed E-state index contributed by atoms with van der Waals surface area (Å²) in [5.74, 6) is 0.416. The predicted octanol–water partition coefficient (Wildman–Crippen LogP) is 3.24. The number of anilines is 1. The van der Waals surface area contributed by atoms with Gasteiger partial charge in [0.25, 0.3) is 5.91 Å². The van der Waals surface area contributed by atoms with Crippen molar-refractivity contribution < 1.29 is 17.9 Å². The number of nitrogens with one attached hydrogen (secondary N) is 1. The zero-order chi connectivity index (χ0) is 20.2. The minimum absolute atomic E-state index is 0.174. The first-order valence-electron chi connectivity index (χ1n) is 8.32. The third-order valence-electron chi connectivity index (χ3n) is 4.02. The first-order valence-corrected chi connectivity index (χ1v) is 10.5. The van der Waals surface area contributed by atoms with E-state index in [4.69, 9.17) is 16.3 Å². The number of amides is 1. The summed E-state index contributed by atoms with van der Waals surface area (Å²) in [6.07, 6.45) is 1.09. The number of hydrogen-bond donors (Lipinski definition) is 1. The minimum atomic E-state index is -3.40. The van der Waals surface area contributed by atoms with E-state index in [1.54, 1.807) is 0 Å². The second-order valence-corrected chi connectivity index (χ2v) is 8.77. The summed E-state index contributed by atoms with van der Waals surface area (Å²) >= 11 is 6.18. The standard InChI is InChI=1S/C19H23ClN2O4S/c1-13-7-5-6-8-18(13)26-12-14(2)21-19(23)16-10-9-15(11-17(16)20)22(3)27(4,24)25/h5-11,14H,12H2,1-4H3,(H,21,23)/t14-/m1/s1. The number of ether oxygens (including phenoxy) is 1. The number of rotatable bonds is 7. The van der Waals surface area contributed by atoms with E-state index in [1.807, 2.05) is 38.1 Å². The average molecular weight is 411 g/mol. The van der Waals surface area contributed by atoms with E-state index in [0.29, 0.717) is 12.3 Å². The van der Waals surface area contributed by atoms with Crippen molar-refractivity contribution in [3.05, 3.63) is 58.6 Å². The quantitative estimate of drug-likeness (QED) is 0.760. The van der Waals surface area contributed by atoms with Crippen LogP contribution in [0.5, 0.6) is 5.75 Å². The van der Waals surface area contributed by atoms with Crippen molar-refractivity contribution in [2.75, 3.05) is 24.2 Å². The number of benzene rings is 2. The lowest BCUT2D eigenvalue weighted by Gasteiger charge is -2.19. The molecule has 0 radical (unpaired) electrons. The molecule has 0 bridgehead atoms. The number of halogens is 1. The lowest BCUT2D eigenvalue weighted by atomic mass is 10.1. The summed E-state index contributed by atoms with van der Waals surface area (Å²) < 4.78 is 30.0. The Balaban J connectivity index is 2.02. The van der Waals surface area contributed by atoms with Crippen LogP contribution < -0.4 is 14.4 Å². The van der Waals surface area contributed by atoms with Crippen molar-refractivity contribution >= 4 is 33.2 Å². The van der Waals surface area contributed by atoms with Gasteiger partial charge >= 0.3 is 0 Å². The molecule has 0 unspecified atom stereocenters. The summed E-state index contributed by atoms with van der Waals surface area (Å²) in [5.41, 5.74) is 1.67. The highest BCUT2D eigenvalue weighted by Gasteiger charge is 2.17. The summed E-state index contributed by atoms with van der Waals surface area (Å²) in [7, 11) is -1.98. The van der Waals surface area contributed by atoms with Gasteiger partial charge in [0.1, 0.15) is 12.4 Å². The molecule has 0 aliphatic carbocycles. The molecular weight excluding hydrogens is 388 g/mol. The molecule has 2 rings (SSSR count). The fourth-order valence-corrected chi connectivity index (χ4v) is 3.11. The van der Waals surface area contributed by atoms with E-state index >= 15 is 0 Å². The van der Waals surface area contributed by atoms with Gasteiger partial charge in [-0.05, 0) is 43.7 Å². The van der Waals surface area contributed by atoms with Crippen molar-refractivity contribution in [2.45, 2.75) is 19.9 Å². The monoisotopic (exact) mass is 410 g/mol. The molecule has 0 saturated heterocycles. The van der Waals surface area contributed by atoms with E-state index in [2.05, 4.69) is 5.32 Å². The third-order valence-corrected chi connectivity index (χ3v) is 5.54. The van der Waals surface area contributed by atoms with Crippen LogP contribution in [-0.2, 0) is 10.0 Å². The maximum Gasteiger partial charge on any atom is 0.253 e. The summed E-state index contributed by atoms with van der Waals surface area (Å²) in [6.45, 7) is 4.09. The SMILES string of the molecule is Cc1ccccc1OC[C@@H](C)NC(=O)c1ccc(N(C)S(C)(=O)=O)cc1Cl. The number of sulfonamides is 1. The maximum absolute atomic E-state index is 12.4. The molecule has 1 atom stereocenters. The van der Waals surface area contributed by atoms with Crippen LogP contribution in [0.3, 0.4) is 0 Å². The Morgan fingerprint density at radius 3 is 2.52 bits per heavy atom. The molecule has 1 amide bonds. The Labute approximate surface area is 165 Å². The second kappa shape index (κ2) is 8.63. The molecule has 146 valence electrons. The number of aryl methyl sites for hydroxylation is 1. The van der Waals surface area contributed by atoms with Gasteiger partial charge in [-0.25, -0.2) is 8.42 Å². The summed E-state index contributed by atoms with van der Waals surface area (Å²) in [6, 6.07) is 11.9. The van der Waals surface area contributed by atoms with E-state index < -0.39 is 10.0 Å². The molecule has 0 aliphatic heterocycles. The largest absolute Gasteiger partial charge is 0.491 e. The topological polar surface area (TPSA) is 75.7 Å². The van der Waals surface area contributed by atoms with Crippen LogP contribution in [0.2, 0.25) is 5.02 Å². The molecule has 0 aliphatic rings. The highest BCUT2D eigenvalue weighted by atomic mass is 35.5. The molecule has 27 heavy (non-hydrogen) atoms. The van der Waals surface area contributed by atoms with E-state index in [1.165, 1.54) is 25.2 Å². The van der Waals surface area contributed by atoms with Crippen LogP contribution in [-0.4, -0.2) is 40.3 Å². The Bertz CT molecular complexity index is 931. The molecule has 8 heteroatoms. The predicted molar refractivity (Wildman–Crippen MR) is 108 cm³/mol. The fraction of sp³-hybridized carbons (Fsp3) is 0.316. The Kier molecular flexibility index (Phi) is 6.73. The van der Waals surface area contributed by atoms with Crippen molar-refractivity contribution in [3.8, 4) is 5.75 Å². The van der Waals surface area contributed by atoms with Crippen LogP contribution in [0, 0.1) is 6.92 Å². The van der Waals surface area contributed by atoms with Gasteiger partial charge in [-0.1, -0.05) is 29.8 Å². The maximum atomic E-state index is 12.4.